The van der Waals surface area contributed by atoms with Gasteiger partial charge in [0.2, 0.25) is 0 Å². The third-order valence-corrected chi connectivity index (χ3v) is 7.94. The number of amides is 1. The Morgan fingerprint density at radius 2 is 1.58 bits per heavy atom. The standard InChI is InChI=1S/C29H38F3N3O3/c1-20-21(2)27(38-19-25(36)18-33-12-4-5-13-33)11-10-26(20)22(3)34-14-16-35(17-15-34)28(37)23-6-8-24(9-7-23)29(30,31)32/h6-11,22,25,36H,4-5,12-19H2,1-3H3/t22-,25+/m1/s1. The highest BCUT2D eigenvalue weighted by Crippen LogP contribution is 2.32. The van der Waals surface area contributed by atoms with Crippen molar-refractivity contribution in [2.75, 3.05) is 52.4 Å². The van der Waals surface area contributed by atoms with Gasteiger partial charge in [0.05, 0.1) is 5.56 Å². The molecular weight excluding hydrogens is 495 g/mol. The first-order valence-corrected chi connectivity index (χ1v) is 13.4. The van der Waals surface area contributed by atoms with Crippen LogP contribution >= 0.6 is 0 Å². The highest BCUT2D eigenvalue weighted by Gasteiger charge is 2.31. The van der Waals surface area contributed by atoms with Crippen molar-refractivity contribution in [1.29, 1.82) is 0 Å². The predicted molar refractivity (Wildman–Crippen MR) is 140 cm³/mol. The molecule has 1 amide bonds. The molecule has 2 aliphatic rings. The molecule has 208 valence electrons. The molecule has 0 radical (unpaired) electrons. The number of alkyl halides is 3. The van der Waals surface area contributed by atoms with Gasteiger partial charge in [0, 0.05) is 44.3 Å². The van der Waals surface area contributed by atoms with Crippen LogP contribution in [0.2, 0.25) is 0 Å². The van der Waals surface area contributed by atoms with Crippen LogP contribution in [0.1, 0.15) is 58.4 Å². The molecule has 4 rings (SSSR count). The van der Waals surface area contributed by atoms with Crippen LogP contribution in [0.15, 0.2) is 36.4 Å². The van der Waals surface area contributed by atoms with Gasteiger partial charge in [-0.2, -0.15) is 13.2 Å². The fraction of sp³-hybridized carbons (Fsp3) is 0.552. The van der Waals surface area contributed by atoms with Gasteiger partial charge in [-0.05, 0) is 93.7 Å². The number of hydrogen-bond donors (Lipinski definition) is 1. The topological polar surface area (TPSA) is 56.3 Å². The van der Waals surface area contributed by atoms with Crippen LogP contribution in [0, 0.1) is 13.8 Å². The van der Waals surface area contributed by atoms with Gasteiger partial charge in [0.15, 0.2) is 0 Å². The van der Waals surface area contributed by atoms with Crippen LogP contribution in [0.4, 0.5) is 13.2 Å². The smallest absolute Gasteiger partial charge is 0.416 e. The van der Waals surface area contributed by atoms with E-state index in [2.05, 4.69) is 29.7 Å². The molecule has 0 aromatic heterocycles. The van der Waals surface area contributed by atoms with Crippen LogP contribution in [0.25, 0.3) is 0 Å². The first-order valence-electron chi connectivity index (χ1n) is 13.4. The van der Waals surface area contributed by atoms with E-state index in [-0.39, 0.29) is 24.1 Å². The fourth-order valence-corrected chi connectivity index (χ4v) is 5.42. The summed E-state index contributed by atoms with van der Waals surface area (Å²) in [5.41, 5.74) is 2.90. The van der Waals surface area contributed by atoms with E-state index in [1.165, 1.54) is 30.5 Å². The van der Waals surface area contributed by atoms with Crippen molar-refractivity contribution in [3.05, 3.63) is 64.2 Å². The lowest BCUT2D eigenvalue weighted by molar-refractivity contribution is -0.137. The second kappa shape index (κ2) is 12.1. The first kappa shape index (κ1) is 28.4. The molecule has 2 aliphatic heterocycles. The Kier molecular flexibility index (Phi) is 9.00. The molecule has 38 heavy (non-hydrogen) atoms. The summed E-state index contributed by atoms with van der Waals surface area (Å²) in [6.45, 7) is 11.6. The van der Waals surface area contributed by atoms with Gasteiger partial charge in [-0.25, -0.2) is 0 Å². The third kappa shape index (κ3) is 6.68. The fourth-order valence-electron chi connectivity index (χ4n) is 5.42. The maximum Gasteiger partial charge on any atom is 0.416 e. The Hall–Kier alpha value is -2.62. The number of halogens is 3. The molecule has 2 aromatic carbocycles. The quantitative estimate of drug-likeness (QED) is 0.534. The van der Waals surface area contributed by atoms with Gasteiger partial charge in [0.1, 0.15) is 18.5 Å². The summed E-state index contributed by atoms with van der Waals surface area (Å²) in [5, 5.41) is 10.4. The maximum atomic E-state index is 12.8. The average Bonchev–Trinajstić information content (AvgIpc) is 3.41. The number of piperazine rings is 1. The zero-order valence-electron chi connectivity index (χ0n) is 22.4. The molecule has 2 fully saturated rings. The molecule has 2 saturated heterocycles. The molecule has 1 N–H and O–H groups in total. The van der Waals surface area contributed by atoms with E-state index in [9.17, 15) is 23.1 Å². The second-order valence-electron chi connectivity index (χ2n) is 10.5. The molecule has 2 aromatic rings. The number of likely N-dealkylation sites (tertiary alicyclic amines) is 1. The molecule has 0 saturated carbocycles. The van der Waals surface area contributed by atoms with Crippen molar-refractivity contribution in [1.82, 2.24) is 14.7 Å². The average molecular weight is 534 g/mol. The van der Waals surface area contributed by atoms with Crippen molar-refractivity contribution in [3.8, 4) is 5.75 Å². The number of carbonyl (C=O) groups excluding carboxylic acids is 1. The number of hydrogen-bond acceptors (Lipinski definition) is 5. The number of aliphatic hydroxyl groups is 1. The Bertz CT molecular complexity index is 1090. The van der Waals surface area contributed by atoms with Crippen molar-refractivity contribution in [2.45, 2.75) is 51.9 Å². The number of ether oxygens (including phenoxy) is 1. The van der Waals surface area contributed by atoms with E-state index in [4.69, 9.17) is 4.74 Å². The van der Waals surface area contributed by atoms with Crippen LogP contribution in [0.3, 0.4) is 0 Å². The lowest BCUT2D eigenvalue weighted by atomic mass is 9.96. The molecule has 6 nitrogen and oxygen atoms in total. The first-order chi connectivity index (χ1) is 18.0. The van der Waals surface area contributed by atoms with Crippen LogP contribution in [-0.2, 0) is 6.18 Å². The lowest BCUT2D eigenvalue weighted by Crippen LogP contribution is -2.49. The lowest BCUT2D eigenvalue weighted by Gasteiger charge is -2.39. The minimum Gasteiger partial charge on any atom is -0.491 e. The zero-order valence-corrected chi connectivity index (χ0v) is 22.4. The molecule has 2 atom stereocenters. The highest BCUT2D eigenvalue weighted by atomic mass is 19.4. The molecule has 0 spiro atoms. The molecule has 9 heteroatoms. The number of rotatable bonds is 8. The Morgan fingerprint density at radius 1 is 0.947 bits per heavy atom. The van der Waals surface area contributed by atoms with E-state index in [0.717, 1.165) is 42.1 Å². The van der Waals surface area contributed by atoms with E-state index in [0.29, 0.717) is 32.7 Å². The van der Waals surface area contributed by atoms with Gasteiger partial charge in [-0.3, -0.25) is 9.69 Å². The summed E-state index contributed by atoms with van der Waals surface area (Å²) in [5.74, 6) is 0.539. The zero-order chi connectivity index (χ0) is 27.4. The second-order valence-corrected chi connectivity index (χ2v) is 10.5. The summed E-state index contributed by atoms with van der Waals surface area (Å²) in [6, 6.07) is 8.60. The monoisotopic (exact) mass is 533 g/mol. The van der Waals surface area contributed by atoms with Gasteiger partial charge in [-0.1, -0.05) is 6.07 Å². The van der Waals surface area contributed by atoms with Gasteiger partial charge in [0.25, 0.3) is 5.91 Å². The van der Waals surface area contributed by atoms with Crippen LogP contribution in [-0.4, -0.2) is 84.2 Å². The summed E-state index contributed by atoms with van der Waals surface area (Å²) >= 11 is 0. The van der Waals surface area contributed by atoms with Crippen LogP contribution < -0.4 is 4.74 Å². The van der Waals surface area contributed by atoms with E-state index >= 15 is 0 Å². The number of nitrogens with zero attached hydrogens (tertiary/aromatic N) is 3. The number of benzene rings is 2. The van der Waals surface area contributed by atoms with Gasteiger partial charge < -0.3 is 19.6 Å². The highest BCUT2D eigenvalue weighted by molar-refractivity contribution is 5.94. The van der Waals surface area contributed by atoms with E-state index in [1.54, 1.807) is 4.90 Å². The summed E-state index contributed by atoms with van der Waals surface area (Å²) in [6.07, 6.45) is -2.56. The van der Waals surface area contributed by atoms with E-state index < -0.39 is 17.8 Å². The summed E-state index contributed by atoms with van der Waals surface area (Å²) < 4.78 is 44.5. The minimum atomic E-state index is -4.42. The maximum absolute atomic E-state index is 12.8. The third-order valence-electron chi connectivity index (χ3n) is 7.94. The predicted octanol–water partition coefficient (Wildman–Crippen LogP) is 4.68. The SMILES string of the molecule is Cc1c(OC[C@@H](O)CN2CCCC2)ccc([C@@H](C)N2CCN(C(=O)c3ccc(C(F)(F)F)cc3)CC2)c1C. The number of β-amino-alcohol motifs (C(OH)–C–C–N with tert-alkyl or cyclic N) is 1. The molecule has 2 heterocycles. The molecular formula is C29H38F3N3O3. The largest absolute Gasteiger partial charge is 0.491 e. The van der Waals surface area contributed by atoms with Crippen molar-refractivity contribution in [2.24, 2.45) is 0 Å². The Morgan fingerprint density at radius 3 is 2.18 bits per heavy atom. The van der Waals surface area contributed by atoms with Crippen molar-refractivity contribution < 1.29 is 27.8 Å². The van der Waals surface area contributed by atoms with Crippen molar-refractivity contribution in [3.63, 3.8) is 0 Å². The number of carbonyl (C=O) groups is 1. The summed E-state index contributed by atoms with van der Waals surface area (Å²) in [7, 11) is 0. The Balaban J connectivity index is 1.31. The van der Waals surface area contributed by atoms with Crippen LogP contribution in [0.5, 0.6) is 5.75 Å². The molecule has 0 unspecified atom stereocenters. The van der Waals surface area contributed by atoms with Gasteiger partial charge >= 0.3 is 6.18 Å². The number of aliphatic hydroxyl groups excluding tert-OH is 1. The molecule has 0 bridgehead atoms. The minimum absolute atomic E-state index is 0.131. The normalized spacial score (nSPS) is 19.0. The summed E-state index contributed by atoms with van der Waals surface area (Å²) in [4.78, 5) is 19.1. The molecule has 0 aliphatic carbocycles. The Labute approximate surface area is 223 Å². The van der Waals surface area contributed by atoms with Crippen molar-refractivity contribution >= 4 is 5.91 Å². The van der Waals surface area contributed by atoms with E-state index in [1.807, 2.05) is 13.0 Å². The van der Waals surface area contributed by atoms with Gasteiger partial charge in [-0.15, -0.1) is 0 Å².